The second-order valence-electron chi connectivity index (χ2n) is 13.3. The number of rotatable bonds is 29. The maximum absolute atomic E-state index is 13.5. The van der Waals surface area contributed by atoms with Crippen LogP contribution in [0.5, 0.6) is 0 Å². The molecule has 0 aliphatic rings. The zero-order chi connectivity index (χ0) is 33.1. The van der Waals surface area contributed by atoms with Crippen molar-refractivity contribution in [3.63, 3.8) is 0 Å². The third kappa shape index (κ3) is 20.1. The summed E-state index contributed by atoms with van der Waals surface area (Å²) in [5, 5.41) is 5.57. The minimum atomic E-state index is -0.604. The van der Waals surface area contributed by atoms with Gasteiger partial charge in [-0.1, -0.05) is 156 Å². The molecule has 6 heteroatoms. The van der Waals surface area contributed by atoms with Crippen LogP contribution in [0.4, 0.5) is 11.4 Å². The first-order valence-corrected chi connectivity index (χ1v) is 19.2. The molecule has 0 heterocycles. The first-order valence-electron chi connectivity index (χ1n) is 18.8. The SMILES string of the molecule is CCCCCCCCC(CCCCCC)C(=O)Nc1cc(NC(=O)C(CCCCCC)CCCCCCCC)cc(C(=O)Cl)c1. The highest BCUT2D eigenvalue weighted by atomic mass is 35.5. The van der Waals surface area contributed by atoms with Crippen molar-refractivity contribution in [1.82, 2.24) is 0 Å². The van der Waals surface area contributed by atoms with Crippen molar-refractivity contribution in [2.24, 2.45) is 11.8 Å². The highest BCUT2D eigenvalue weighted by molar-refractivity contribution is 6.67. The summed E-state index contributed by atoms with van der Waals surface area (Å²) in [5.74, 6) is -0.140. The maximum atomic E-state index is 13.5. The largest absolute Gasteiger partial charge is 0.326 e. The number of hydrogen-bond acceptors (Lipinski definition) is 3. The quantitative estimate of drug-likeness (QED) is 0.0671. The van der Waals surface area contributed by atoms with Crippen LogP contribution < -0.4 is 10.6 Å². The van der Waals surface area contributed by atoms with Crippen LogP contribution in [0.3, 0.4) is 0 Å². The predicted molar refractivity (Wildman–Crippen MR) is 194 cm³/mol. The molecule has 2 unspecified atom stereocenters. The molecule has 0 saturated heterocycles. The van der Waals surface area contributed by atoms with Gasteiger partial charge in [0.1, 0.15) is 0 Å². The predicted octanol–water partition coefficient (Wildman–Crippen LogP) is 12.6. The summed E-state index contributed by atoms with van der Waals surface area (Å²) in [4.78, 5) is 39.3. The molecular weight excluding hydrogens is 580 g/mol. The molecule has 2 N–H and O–H groups in total. The fraction of sp³-hybridized carbons (Fsp3) is 0.769. The highest BCUT2D eigenvalue weighted by Gasteiger charge is 2.21. The molecule has 0 aliphatic heterocycles. The Balaban J connectivity index is 2.97. The zero-order valence-corrected chi connectivity index (χ0v) is 30.2. The molecule has 5 nitrogen and oxygen atoms in total. The second-order valence-corrected chi connectivity index (χ2v) is 13.6. The molecule has 2 atom stereocenters. The Bertz CT molecular complexity index is 871. The Labute approximate surface area is 281 Å². The first-order chi connectivity index (χ1) is 21.9. The van der Waals surface area contributed by atoms with E-state index in [1.807, 2.05) is 0 Å². The maximum Gasteiger partial charge on any atom is 0.252 e. The van der Waals surface area contributed by atoms with Crippen LogP contribution in [0.25, 0.3) is 0 Å². The lowest BCUT2D eigenvalue weighted by Crippen LogP contribution is -2.24. The molecule has 0 saturated carbocycles. The number of halogens is 1. The van der Waals surface area contributed by atoms with Gasteiger partial charge in [-0.05, 0) is 55.5 Å². The van der Waals surface area contributed by atoms with E-state index in [9.17, 15) is 14.4 Å². The normalized spacial score (nSPS) is 12.6. The number of amides is 2. The van der Waals surface area contributed by atoms with E-state index in [0.717, 1.165) is 77.0 Å². The third-order valence-corrected chi connectivity index (χ3v) is 9.28. The number of anilines is 2. The summed E-state index contributed by atoms with van der Waals surface area (Å²) in [6.45, 7) is 8.85. The molecule has 45 heavy (non-hydrogen) atoms. The minimum Gasteiger partial charge on any atom is -0.326 e. The van der Waals surface area contributed by atoms with Gasteiger partial charge in [-0.2, -0.15) is 0 Å². The number of benzene rings is 1. The molecule has 0 bridgehead atoms. The molecule has 0 fully saturated rings. The Hall–Kier alpha value is -1.88. The molecule has 1 aromatic rings. The number of unbranched alkanes of at least 4 members (excludes halogenated alkanes) is 16. The van der Waals surface area contributed by atoms with E-state index in [2.05, 4.69) is 38.3 Å². The van der Waals surface area contributed by atoms with Crippen LogP contribution in [0.2, 0.25) is 0 Å². The lowest BCUT2D eigenvalue weighted by molar-refractivity contribution is -0.121. The Morgan fingerprint density at radius 2 is 0.778 bits per heavy atom. The Morgan fingerprint density at radius 3 is 1.09 bits per heavy atom. The molecule has 1 rings (SSSR count). The molecule has 258 valence electrons. The van der Waals surface area contributed by atoms with Gasteiger partial charge in [-0.15, -0.1) is 0 Å². The minimum absolute atomic E-state index is 0.00613. The van der Waals surface area contributed by atoms with Gasteiger partial charge in [-0.3, -0.25) is 14.4 Å². The van der Waals surface area contributed by atoms with Crippen molar-refractivity contribution < 1.29 is 14.4 Å². The molecule has 0 aromatic heterocycles. The van der Waals surface area contributed by atoms with E-state index in [-0.39, 0.29) is 29.2 Å². The van der Waals surface area contributed by atoms with Gasteiger partial charge in [0, 0.05) is 28.8 Å². The van der Waals surface area contributed by atoms with Crippen LogP contribution in [0.1, 0.15) is 192 Å². The zero-order valence-electron chi connectivity index (χ0n) is 29.5. The van der Waals surface area contributed by atoms with Crippen molar-refractivity contribution in [3.05, 3.63) is 23.8 Å². The monoisotopic (exact) mass is 646 g/mol. The van der Waals surface area contributed by atoms with Gasteiger partial charge >= 0.3 is 0 Å². The van der Waals surface area contributed by atoms with Gasteiger partial charge in [0.2, 0.25) is 11.8 Å². The molecule has 0 aliphatic carbocycles. The van der Waals surface area contributed by atoms with Gasteiger partial charge in [-0.25, -0.2) is 0 Å². The summed E-state index contributed by atoms with van der Waals surface area (Å²) < 4.78 is 0. The Morgan fingerprint density at radius 1 is 0.489 bits per heavy atom. The highest BCUT2D eigenvalue weighted by Crippen LogP contribution is 2.26. The molecule has 0 spiro atoms. The molecule has 1 aromatic carbocycles. The Kier molecular flexibility index (Phi) is 24.9. The summed E-state index contributed by atoms with van der Waals surface area (Å²) in [6, 6.07) is 5.03. The van der Waals surface area contributed by atoms with E-state index in [1.54, 1.807) is 18.2 Å². The summed E-state index contributed by atoms with van der Waals surface area (Å²) in [5.41, 5.74) is 1.30. The third-order valence-electron chi connectivity index (χ3n) is 9.06. The van der Waals surface area contributed by atoms with Crippen molar-refractivity contribution in [2.75, 3.05) is 10.6 Å². The first kappa shape index (κ1) is 41.1. The lowest BCUT2D eigenvalue weighted by Gasteiger charge is -2.19. The average molecular weight is 647 g/mol. The fourth-order valence-corrected chi connectivity index (χ4v) is 6.27. The van der Waals surface area contributed by atoms with Gasteiger partial charge in [0.05, 0.1) is 0 Å². The van der Waals surface area contributed by atoms with Gasteiger partial charge in [0.15, 0.2) is 0 Å². The van der Waals surface area contributed by atoms with Crippen molar-refractivity contribution >= 4 is 40.0 Å². The number of nitrogens with one attached hydrogen (secondary N) is 2. The number of carbonyl (C=O) groups is 3. The van der Waals surface area contributed by atoms with Crippen LogP contribution in [0, 0.1) is 11.8 Å². The molecule has 0 radical (unpaired) electrons. The molecular formula is C39H67ClN2O3. The van der Waals surface area contributed by atoms with Gasteiger partial charge in [0.25, 0.3) is 5.24 Å². The van der Waals surface area contributed by atoms with Crippen molar-refractivity contribution in [3.8, 4) is 0 Å². The van der Waals surface area contributed by atoms with Crippen LogP contribution >= 0.6 is 11.6 Å². The van der Waals surface area contributed by atoms with Crippen LogP contribution in [-0.2, 0) is 9.59 Å². The smallest absolute Gasteiger partial charge is 0.252 e. The summed E-state index contributed by atoms with van der Waals surface area (Å²) >= 11 is 5.92. The fourth-order valence-electron chi connectivity index (χ4n) is 6.16. The average Bonchev–Trinajstić information content (AvgIpc) is 3.02. The van der Waals surface area contributed by atoms with Crippen LogP contribution in [-0.4, -0.2) is 17.1 Å². The standard InChI is InChI=1S/C39H67ClN2O3/c1-5-9-13-17-19-23-27-32(25-21-15-11-7-3)38(44)41-35-29-34(37(40)43)30-36(31-35)42-39(45)33(26-22-16-12-8-4)28-24-20-18-14-10-6-2/h29-33H,5-28H2,1-4H3,(H,41,44)(H,42,45). The topological polar surface area (TPSA) is 75.3 Å². The van der Waals surface area contributed by atoms with Crippen molar-refractivity contribution in [1.29, 1.82) is 0 Å². The van der Waals surface area contributed by atoms with E-state index < -0.39 is 5.24 Å². The second kappa shape index (κ2) is 27.3. The van der Waals surface area contributed by atoms with Gasteiger partial charge < -0.3 is 10.6 Å². The van der Waals surface area contributed by atoms with E-state index in [4.69, 9.17) is 11.6 Å². The lowest BCUT2D eigenvalue weighted by atomic mass is 9.93. The van der Waals surface area contributed by atoms with Crippen molar-refractivity contribution in [2.45, 2.75) is 182 Å². The summed E-state index contributed by atoms with van der Waals surface area (Å²) in [6.07, 6.45) is 27.0. The summed E-state index contributed by atoms with van der Waals surface area (Å²) in [7, 11) is 0. The number of carbonyl (C=O) groups excluding carboxylic acids is 3. The van der Waals surface area contributed by atoms with Crippen LogP contribution in [0.15, 0.2) is 18.2 Å². The van der Waals surface area contributed by atoms with E-state index in [1.165, 1.54) is 77.0 Å². The van der Waals surface area contributed by atoms with E-state index in [0.29, 0.717) is 11.4 Å². The molecule has 2 amide bonds. The van der Waals surface area contributed by atoms with E-state index >= 15 is 0 Å². The number of hydrogen-bond donors (Lipinski definition) is 2.